The SMILES string of the molecule is O=C([O-])COc1ccc2ccccc2c1Br.[Na+]. The van der Waals surface area contributed by atoms with Gasteiger partial charge in [0.05, 0.1) is 10.4 Å². The molecule has 5 heteroatoms. The van der Waals surface area contributed by atoms with Crippen molar-refractivity contribution in [3.63, 3.8) is 0 Å². The van der Waals surface area contributed by atoms with Crippen molar-refractivity contribution in [1.82, 2.24) is 0 Å². The van der Waals surface area contributed by atoms with E-state index in [4.69, 9.17) is 4.74 Å². The molecule has 17 heavy (non-hydrogen) atoms. The molecule has 0 heterocycles. The van der Waals surface area contributed by atoms with Crippen molar-refractivity contribution < 1.29 is 44.2 Å². The molecule has 0 amide bonds. The van der Waals surface area contributed by atoms with Gasteiger partial charge in [0, 0.05) is 0 Å². The molecular formula is C12H8BrNaO3. The Bertz CT molecular complexity index is 542. The topological polar surface area (TPSA) is 49.4 Å². The first-order chi connectivity index (χ1) is 7.68. The van der Waals surface area contributed by atoms with E-state index in [0.29, 0.717) is 5.75 Å². The first-order valence-electron chi connectivity index (χ1n) is 4.68. The van der Waals surface area contributed by atoms with Gasteiger partial charge < -0.3 is 14.6 Å². The van der Waals surface area contributed by atoms with E-state index < -0.39 is 12.6 Å². The van der Waals surface area contributed by atoms with Gasteiger partial charge in [-0.2, -0.15) is 0 Å². The zero-order valence-electron chi connectivity index (χ0n) is 9.27. The Balaban J connectivity index is 0.00000144. The largest absolute Gasteiger partial charge is 1.00 e. The molecule has 0 saturated heterocycles. The molecule has 2 aromatic carbocycles. The second-order valence-corrected chi connectivity index (χ2v) is 4.05. The molecule has 0 bridgehead atoms. The van der Waals surface area contributed by atoms with E-state index in [1.807, 2.05) is 30.3 Å². The van der Waals surface area contributed by atoms with Crippen LogP contribution in [0, 0.1) is 0 Å². The van der Waals surface area contributed by atoms with Gasteiger partial charge in [0.25, 0.3) is 0 Å². The van der Waals surface area contributed by atoms with Crippen molar-refractivity contribution in [3.05, 3.63) is 40.9 Å². The van der Waals surface area contributed by atoms with Crippen molar-refractivity contribution in [1.29, 1.82) is 0 Å². The van der Waals surface area contributed by atoms with Crippen LogP contribution in [0.4, 0.5) is 0 Å². The number of carbonyl (C=O) groups is 1. The zero-order valence-corrected chi connectivity index (χ0v) is 12.9. The number of rotatable bonds is 3. The van der Waals surface area contributed by atoms with E-state index >= 15 is 0 Å². The van der Waals surface area contributed by atoms with Crippen LogP contribution >= 0.6 is 15.9 Å². The minimum atomic E-state index is -1.24. The number of hydrogen-bond acceptors (Lipinski definition) is 3. The molecular weight excluding hydrogens is 295 g/mol. The van der Waals surface area contributed by atoms with Gasteiger partial charge in [-0.15, -0.1) is 0 Å². The van der Waals surface area contributed by atoms with E-state index in [1.165, 1.54) is 0 Å². The summed E-state index contributed by atoms with van der Waals surface area (Å²) in [6.45, 7) is -0.447. The minimum absolute atomic E-state index is 0. The van der Waals surface area contributed by atoms with Crippen LogP contribution in [-0.2, 0) is 4.79 Å². The van der Waals surface area contributed by atoms with E-state index in [2.05, 4.69) is 15.9 Å². The molecule has 0 saturated carbocycles. The number of aliphatic carboxylic acids is 1. The summed E-state index contributed by atoms with van der Waals surface area (Å²) < 4.78 is 5.85. The Morgan fingerprint density at radius 2 is 1.94 bits per heavy atom. The molecule has 2 aromatic rings. The molecule has 0 aliphatic rings. The summed E-state index contributed by atoms with van der Waals surface area (Å²) in [7, 11) is 0. The van der Waals surface area contributed by atoms with Crippen LogP contribution in [0.5, 0.6) is 5.75 Å². The van der Waals surface area contributed by atoms with Crippen molar-refractivity contribution in [3.8, 4) is 5.75 Å². The van der Waals surface area contributed by atoms with Crippen LogP contribution < -0.4 is 39.4 Å². The fourth-order valence-electron chi connectivity index (χ4n) is 1.46. The van der Waals surface area contributed by atoms with E-state index in [-0.39, 0.29) is 29.6 Å². The summed E-state index contributed by atoms with van der Waals surface area (Å²) in [5.41, 5.74) is 0. The average Bonchev–Trinajstić information content (AvgIpc) is 2.28. The monoisotopic (exact) mass is 302 g/mol. The first kappa shape index (κ1) is 14.5. The fraction of sp³-hybridized carbons (Fsp3) is 0.0833. The van der Waals surface area contributed by atoms with E-state index in [0.717, 1.165) is 15.2 Å². The van der Waals surface area contributed by atoms with Gasteiger partial charge in [-0.25, -0.2) is 0 Å². The Morgan fingerprint density at radius 1 is 1.24 bits per heavy atom. The number of fused-ring (bicyclic) bond motifs is 1. The molecule has 2 rings (SSSR count). The average molecular weight is 303 g/mol. The summed E-state index contributed by atoms with van der Waals surface area (Å²) in [5.74, 6) is -0.733. The van der Waals surface area contributed by atoms with Gasteiger partial charge in [0.15, 0.2) is 0 Å². The molecule has 0 unspecified atom stereocenters. The fourth-order valence-corrected chi connectivity index (χ4v) is 2.07. The maximum atomic E-state index is 10.3. The van der Waals surface area contributed by atoms with Crippen molar-refractivity contribution in [2.24, 2.45) is 0 Å². The molecule has 82 valence electrons. The predicted molar refractivity (Wildman–Crippen MR) is 62.2 cm³/mol. The van der Waals surface area contributed by atoms with Crippen LogP contribution in [-0.4, -0.2) is 12.6 Å². The summed E-state index contributed by atoms with van der Waals surface area (Å²) in [6, 6.07) is 11.4. The standard InChI is InChI=1S/C12H9BrO3.Na/c13-12-9-4-2-1-3-8(9)5-6-10(12)16-7-11(14)15;/h1-6H,7H2,(H,14,15);/q;+1/p-1. The summed E-state index contributed by atoms with van der Waals surface area (Å²) in [4.78, 5) is 10.3. The molecule has 0 radical (unpaired) electrons. The Kier molecular flexibility index (Phi) is 5.46. The third-order valence-corrected chi connectivity index (χ3v) is 2.99. The van der Waals surface area contributed by atoms with E-state index in [9.17, 15) is 9.90 Å². The van der Waals surface area contributed by atoms with Gasteiger partial charge >= 0.3 is 29.6 Å². The molecule has 0 aromatic heterocycles. The van der Waals surface area contributed by atoms with Crippen LogP contribution in [0.25, 0.3) is 10.8 Å². The maximum absolute atomic E-state index is 10.3. The molecule has 0 atom stereocenters. The smallest absolute Gasteiger partial charge is 0.546 e. The van der Waals surface area contributed by atoms with E-state index in [1.54, 1.807) is 6.07 Å². The molecule has 0 fully saturated rings. The quantitative estimate of drug-likeness (QED) is 0.665. The van der Waals surface area contributed by atoms with Gasteiger partial charge in [-0.1, -0.05) is 30.3 Å². The molecule has 0 spiro atoms. The predicted octanol–water partition coefficient (Wildman–Crippen LogP) is -1.27. The number of carboxylic acids is 1. The van der Waals surface area contributed by atoms with Crippen molar-refractivity contribution in [2.75, 3.05) is 6.61 Å². The number of benzene rings is 2. The van der Waals surface area contributed by atoms with Gasteiger partial charge in [-0.05, 0) is 32.8 Å². The maximum Gasteiger partial charge on any atom is 1.00 e. The zero-order chi connectivity index (χ0) is 11.5. The number of hydrogen-bond donors (Lipinski definition) is 0. The summed E-state index contributed by atoms with van der Waals surface area (Å²) in [6.07, 6.45) is 0. The van der Waals surface area contributed by atoms with Crippen molar-refractivity contribution in [2.45, 2.75) is 0 Å². The Morgan fingerprint density at radius 3 is 2.65 bits per heavy atom. The number of ether oxygens (including phenoxy) is 1. The normalized spacial score (nSPS) is 9.71. The summed E-state index contributed by atoms with van der Waals surface area (Å²) >= 11 is 3.39. The van der Waals surface area contributed by atoms with Crippen LogP contribution in [0.2, 0.25) is 0 Å². The number of carbonyl (C=O) groups excluding carboxylic acids is 1. The third-order valence-electron chi connectivity index (χ3n) is 2.17. The second-order valence-electron chi connectivity index (χ2n) is 3.26. The number of carboxylic acid groups (broad SMARTS) is 1. The Labute approximate surface area is 129 Å². The third kappa shape index (κ3) is 3.45. The molecule has 0 aliphatic carbocycles. The summed E-state index contributed by atoms with van der Waals surface area (Å²) in [5, 5.41) is 12.3. The van der Waals surface area contributed by atoms with Gasteiger partial charge in [-0.3, -0.25) is 0 Å². The molecule has 0 aliphatic heterocycles. The second kappa shape index (κ2) is 6.40. The Hall–Kier alpha value is -0.550. The first-order valence-corrected chi connectivity index (χ1v) is 5.47. The molecule has 3 nitrogen and oxygen atoms in total. The number of halogens is 1. The van der Waals surface area contributed by atoms with Crippen LogP contribution in [0.3, 0.4) is 0 Å². The minimum Gasteiger partial charge on any atom is -0.546 e. The van der Waals surface area contributed by atoms with Crippen LogP contribution in [0.15, 0.2) is 40.9 Å². The van der Waals surface area contributed by atoms with Crippen LogP contribution in [0.1, 0.15) is 0 Å². The van der Waals surface area contributed by atoms with Gasteiger partial charge in [0.1, 0.15) is 12.4 Å². The van der Waals surface area contributed by atoms with Crippen molar-refractivity contribution >= 4 is 32.7 Å². The molecule has 0 N–H and O–H groups in total. The van der Waals surface area contributed by atoms with Gasteiger partial charge in [0.2, 0.25) is 0 Å².